The number of esters is 1. The highest BCUT2D eigenvalue weighted by atomic mass is 19.1. The van der Waals surface area contributed by atoms with Gasteiger partial charge in [0.2, 0.25) is 0 Å². The number of ether oxygens (including phenoxy) is 1. The van der Waals surface area contributed by atoms with Crippen molar-refractivity contribution in [1.29, 1.82) is 0 Å². The predicted molar refractivity (Wildman–Crippen MR) is 65.7 cm³/mol. The Labute approximate surface area is 101 Å². The smallest absolute Gasteiger partial charge is 0.337 e. The van der Waals surface area contributed by atoms with Crippen molar-refractivity contribution >= 4 is 11.7 Å². The molecule has 0 aromatic heterocycles. The van der Waals surface area contributed by atoms with Crippen molar-refractivity contribution in [2.75, 3.05) is 12.4 Å². The second-order valence-corrected chi connectivity index (χ2v) is 3.84. The summed E-state index contributed by atoms with van der Waals surface area (Å²) in [6.07, 6.45) is 1.80. The van der Waals surface area contributed by atoms with E-state index in [9.17, 15) is 9.18 Å². The lowest BCUT2D eigenvalue weighted by molar-refractivity contribution is 0.0600. The van der Waals surface area contributed by atoms with Gasteiger partial charge in [0, 0.05) is 6.04 Å². The van der Waals surface area contributed by atoms with Crippen LogP contribution in [0.15, 0.2) is 18.2 Å². The maximum Gasteiger partial charge on any atom is 0.337 e. The van der Waals surface area contributed by atoms with Gasteiger partial charge in [0.1, 0.15) is 5.82 Å². The molecule has 0 spiro atoms. The second-order valence-electron chi connectivity index (χ2n) is 3.84. The Bertz CT molecular complexity index is 389. The Balaban J connectivity index is 2.94. The quantitative estimate of drug-likeness (QED) is 0.802. The van der Waals surface area contributed by atoms with E-state index >= 15 is 0 Å². The van der Waals surface area contributed by atoms with E-state index in [0.29, 0.717) is 11.3 Å². The van der Waals surface area contributed by atoms with Crippen LogP contribution in [0.2, 0.25) is 0 Å². The number of anilines is 1. The lowest BCUT2D eigenvalue weighted by atomic mass is 10.1. The van der Waals surface area contributed by atoms with Gasteiger partial charge in [-0.25, -0.2) is 9.18 Å². The van der Waals surface area contributed by atoms with Crippen molar-refractivity contribution in [1.82, 2.24) is 0 Å². The number of nitrogens with one attached hydrogen (secondary N) is 1. The summed E-state index contributed by atoms with van der Waals surface area (Å²) in [6, 6.07) is 4.38. The molecule has 0 radical (unpaired) electrons. The highest BCUT2D eigenvalue weighted by molar-refractivity contribution is 5.90. The van der Waals surface area contributed by atoms with Gasteiger partial charge in [0.15, 0.2) is 0 Å². The zero-order chi connectivity index (χ0) is 12.8. The molecule has 0 unspecified atom stereocenters. The van der Waals surface area contributed by atoms with Crippen LogP contribution in [-0.4, -0.2) is 19.1 Å². The van der Waals surface area contributed by atoms with Crippen molar-refractivity contribution in [3.63, 3.8) is 0 Å². The first kappa shape index (κ1) is 13.5. The van der Waals surface area contributed by atoms with Crippen LogP contribution in [0.4, 0.5) is 10.1 Å². The molecule has 1 N–H and O–H groups in total. The molecule has 0 aliphatic carbocycles. The summed E-state index contributed by atoms with van der Waals surface area (Å²) in [7, 11) is 1.31. The van der Waals surface area contributed by atoms with E-state index in [1.54, 1.807) is 0 Å². The summed E-state index contributed by atoms with van der Waals surface area (Å²) >= 11 is 0. The third-order valence-electron chi connectivity index (χ3n) is 2.73. The molecule has 0 saturated carbocycles. The zero-order valence-electron chi connectivity index (χ0n) is 10.4. The van der Waals surface area contributed by atoms with Crippen molar-refractivity contribution in [3.8, 4) is 0 Å². The van der Waals surface area contributed by atoms with Crippen LogP contribution in [-0.2, 0) is 4.74 Å². The van der Waals surface area contributed by atoms with Crippen LogP contribution in [0.1, 0.15) is 37.0 Å². The number of methoxy groups -OCH3 is 1. The van der Waals surface area contributed by atoms with Gasteiger partial charge in [-0.3, -0.25) is 0 Å². The lowest BCUT2D eigenvalue weighted by Gasteiger charge is -2.17. The molecule has 94 valence electrons. The highest BCUT2D eigenvalue weighted by Gasteiger charge is 2.12. The van der Waals surface area contributed by atoms with Crippen LogP contribution in [0.3, 0.4) is 0 Å². The molecule has 4 heteroatoms. The second kappa shape index (κ2) is 6.23. The summed E-state index contributed by atoms with van der Waals surface area (Å²) in [5, 5.41) is 3.08. The van der Waals surface area contributed by atoms with E-state index in [1.807, 2.05) is 13.8 Å². The third kappa shape index (κ3) is 3.44. The molecule has 3 nitrogen and oxygen atoms in total. The standard InChI is InChI=1S/C13H18FNO2/c1-4-10(5-2)15-12-8-9(13(16)17-3)6-7-11(12)14/h6-8,10,15H,4-5H2,1-3H3. The van der Waals surface area contributed by atoms with Crippen molar-refractivity contribution in [2.45, 2.75) is 32.7 Å². The number of carbonyl (C=O) groups is 1. The Morgan fingerprint density at radius 2 is 2.06 bits per heavy atom. The van der Waals surface area contributed by atoms with Gasteiger partial charge in [-0.1, -0.05) is 13.8 Å². The molecular formula is C13H18FNO2. The Morgan fingerprint density at radius 1 is 1.41 bits per heavy atom. The van der Waals surface area contributed by atoms with E-state index in [0.717, 1.165) is 12.8 Å². The van der Waals surface area contributed by atoms with E-state index in [2.05, 4.69) is 10.1 Å². The third-order valence-corrected chi connectivity index (χ3v) is 2.73. The van der Waals surface area contributed by atoms with Crippen molar-refractivity contribution in [3.05, 3.63) is 29.6 Å². The van der Waals surface area contributed by atoms with Crippen LogP contribution in [0.25, 0.3) is 0 Å². The normalized spacial score (nSPS) is 10.4. The molecule has 0 amide bonds. The topological polar surface area (TPSA) is 38.3 Å². The van der Waals surface area contributed by atoms with Gasteiger partial charge in [-0.05, 0) is 31.0 Å². The highest BCUT2D eigenvalue weighted by Crippen LogP contribution is 2.19. The van der Waals surface area contributed by atoms with Gasteiger partial charge in [0.05, 0.1) is 18.4 Å². The molecule has 0 heterocycles. The minimum absolute atomic E-state index is 0.206. The number of benzene rings is 1. The average Bonchev–Trinajstić information content (AvgIpc) is 2.36. The first-order chi connectivity index (χ1) is 8.12. The average molecular weight is 239 g/mol. The summed E-state index contributed by atoms with van der Waals surface area (Å²) in [5.41, 5.74) is 0.698. The van der Waals surface area contributed by atoms with Gasteiger partial charge in [-0.2, -0.15) is 0 Å². The van der Waals surface area contributed by atoms with E-state index < -0.39 is 5.97 Å². The van der Waals surface area contributed by atoms with Gasteiger partial charge < -0.3 is 10.1 Å². The lowest BCUT2D eigenvalue weighted by Crippen LogP contribution is -2.18. The summed E-state index contributed by atoms with van der Waals surface area (Å²) < 4.78 is 18.2. The van der Waals surface area contributed by atoms with Crippen molar-refractivity contribution in [2.24, 2.45) is 0 Å². The molecule has 0 saturated heterocycles. The Hall–Kier alpha value is -1.58. The maximum absolute atomic E-state index is 13.6. The molecule has 0 aliphatic rings. The Morgan fingerprint density at radius 3 is 2.59 bits per heavy atom. The van der Waals surface area contributed by atoms with E-state index in [1.165, 1.54) is 25.3 Å². The zero-order valence-corrected chi connectivity index (χ0v) is 10.4. The fraction of sp³-hybridized carbons (Fsp3) is 0.462. The monoisotopic (exact) mass is 239 g/mol. The predicted octanol–water partition coefficient (Wildman–Crippen LogP) is 3.21. The number of hydrogen-bond donors (Lipinski definition) is 1. The van der Waals surface area contributed by atoms with Crippen LogP contribution < -0.4 is 5.32 Å². The summed E-state index contributed by atoms with van der Waals surface area (Å²) in [4.78, 5) is 11.3. The van der Waals surface area contributed by atoms with Gasteiger partial charge in [-0.15, -0.1) is 0 Å². The van der Waals surface area contributed by atoms with Gasteiger partial charge in [0.25, 0.3) is 0 Å². The fourth-order valence-electron chi connectivity index (χ4n) is 1.59. The molecule has 0 fully saturated rings. The summed E-state index contributed by atoms with van der Waals surface area (Å²) in [5.74, 6) is -0.817. The number of rotatable bonds is 5. The van der Waals surface area contributed by atoms with Crippen molar-refractivity contribution < 1.29 is 13.9 Å². The number of carbonyl (C=O) groups excluding carboxylic acids is 1. The first-order valence-corrected chi connectivity index (χ1v) is 5.76. The molecule has 17 heavy (non-hydrogen) atoms. The maximum atomic E-state index is 13.6. The molecule has 1 aromatic rings. The number of halogens is 1. The molecule has 0 bridgehead atoms. The fourth-order valence-corrected chi connectivity index (χ4v) is 1.59. The van der Waals surface area contributed by atoms with E-state index in [-0.39, 0.29) is 11.9 Å². The first-order valence-electron chi connectivity index (χ1n) is 5.76. The molecular weight excluding hydrogens is 221 g/mol. The Kier molecular flexibility index (Phi) is 4.94. The molecule has 0 atom stereocenters. The molecule has 0 aliphatic heterocycles. The van der Waals surface area contributed by atoms with Crippen LogP contribution >= 0.6 is 0 Å². The molecule has 1 aromatic carbocycles. The summed E-state index contributed by atoms with van der Waals surface area (Å²) in [6.45, 7) is 4.06. The number of hydrogen-bond acceptors (Lipinski definition) is 3. The minimum Gasteiger partial charge on any atom is -0.465 e. The minimum atomic E-state index is -0.461. The van der Waals surface area contributed by atoms with Crippen LogP contribution in [0, 0.1) is 5.82 Å². The molecule has 1 rings (SSSR count). The van der Waals surface area contributed by atoms with E-state index in [4.69, 9.17) is 0 Å². The van der Waals surface area contributed by atoms with Crippen LogP contribution in [0.5, 0.6) is 0 Å². The van der Waals surface area contributed by atoms with Gasteiger partial charge >= 0.3 is 5.97 Å². The largest absolute Gasteiger partial charge is 0.465 e. The SMILES string of the molecule is CCC(CC)Nc1cc(C(=O)OC)ccc1F.